The molecule has 1 aromatic carbocycles. The maximum absolute atomic E-state index is 12.4. The van der Waals surface area contributed by atoms with Gasteiger partial charge < -0.3 is 20.7 Å². The van der Waals surface area contributed by atoms with Crippen molar-refractivity contribution in [1.82, 2.24) is 16.0 Å². The zero-order valence-corrected chi connectivity index (χ0v) is 15.2. The fourth-order valence-corrected chi connectivity index (χ4v) is 3.19. The largest absolute Gasteiger partial charge is 0.376 e. The van der Waals surface area contributed by atoms with Crippen LogP contribution >= 0.6 is 12.4 Å². The molecule has 7 heteroatoms. The zero-order chi connectivity index (χ0) is 16.9. The highest BCUT2D eigenvalue weighted by atomic mass is 35.5. The van der Waals surface area contributed by atoms with Crippen LogP contribution in [0.2, 0.25) is 0 Å². The molecule has 0 aliphatic carbocycles. The van der Waals surface area contributed by atoms with Crippen LogP contribution in [0.25, 0.3) is 0 Å². The molecule has 2 heterocycles. The first-order valence-corrected chi connectivity index (χ1v) is 8.63. The Morgan fingerprint density at radius 1 is 1.32 bits per heavy atom. The van der Waals surface area contributed by atoms with Crippen molar-refractivity contribution in [3.8, 4) is 0 Å². The molecule has 138 valence electrons. The molecule has 25 heavy (non-hydrogen) atoms. The van der Waals surface area contributed by atoms with Gasteiger partial charge in [-0.3, -0.25) is 9.59 Å². The van der Waals surface area contributed by atoms with Crippen molar-refractivity contribution in [2.45, 2.75) is 50.9 Å². The van der Waals surface area contributed by atoms with Crippen LogP contribution in [0.15, 0.2) is 24.3 Å². The number of hydrogen-bond acceptors (Lipinski definition) is 4. The molecular weight excluding hydrogens is 342 g/mol. The van der Waals surface area contributed by atoms with Gasteiger partial charge in [0.2, 0.25) is 11.8 Å². The molecule has 3 N–H and O–H groups in total. The van der Waals surface area contributed by atoms with E-state index in [4.69, 9.17) is 4.74 Å². The molecule has 0 spiro atoms. The summed E-state index contributed by atoms with van der Waals surface area (Å²) in [6.07, 6.45) is 2.77. The molecule has 6 nitrogen and oxygen atoms in total. The number of nitrogens with one attached hydrogen (secondary N) is 3. The summed E-state index contributed by atoms with van der Waals surface area (Å²) in [4.78, 5) is 24.5. The highest BCUT2D eigenvalue weighted by Gasteiger charge is 2.26. The first kappa shape index (κ1) is 19.7. The number of rotatable bonds is 5. The molecular formula is C18H26ClN3O3. The Kier molecular flexibility index (Phi) is 7.23. The monoisotopic (exact) mass is 367 g/mol. The smallest absolute Gasteiger partial charge is 0.242 e. The lowest BCUT2D eigenvalue weighted by molar-refractivity contribution is -0.130. The lowest BCUT2D eigenvalue weighted by Crippen LogP contribution is -2.53. The van der Waals surface area contributed by atoms with E-state index in [2.05, 4.69) is 22.0 Å². The first-order valence-electron chi connectivity index (χ1n) is 8.63. The summed E-state index contributed by atoms with van der Waals surface area (Å²) < 4.78 is 5.48. The predicted molar refractivity (Wildman–Crippen MR) is 97.6 cm³/mol. The molecule has 3 atom stereocenters. The Labute approximate surface area is 154 Å². The molecule has 3 rings (SSSR count). The van der Waals surface area contributed by atoms with E-state index in [0.717, 1.165) is 19.4 Å². The van der Waals surface area contributed by atoms with Crippen molar-refractivity contribution in [2.24, 2.45) is 0 Å². The molecule has 0 aromatic heterocycles. The Hall–Kier alpha value is -1.63. The van der Waals surface area contributed by atoms with E-state index >= 15 is 0 Å². The molecule has 1 fully saturated rings. The SMILES string of the molecule is C[C@@H](NC(=O)[C@@H]1Cc2ccccc2CN1)C(=O)NCC1CCCO1.Cl. The minimum atomic E-state index is -0.558. The summed E-state index contributed by atoms with van der Waals surface area (Å²) in [7, 11) is 0. The van der Waals surface area contributed by atoms with E-state index in [0.29, 0.717) is 19.5 Å². The van der Waals surface area contributed by atoms with E-state index < -0.39 is 6.04 Å². The number of amides is 2. The Bertz CT molecular complexity index is 605. The standard InChI is InChI=1S/C18H25N3O3.ClH/c1-12(17(22)20-11-15-7-4-8-24-15)21-18(23)16-9-13-5-2-3-6-14(13)10-19-16;/h2-3,5-6,12,15-16,19H,4,7-11H2,1H3,(H,20,22)(H,21,23);1H/t12-,15?,16+;/m1./s1. The number of carbonyl (C=O) groups is 2. The molecule has 2 aliphatic rings. The Balaban J connectivity index is 0.00000225. The normalized spacial score (nSPS) is 23.1. The van der Waals surface area contributed by atoms with Crippen LogP contribution in [0.3, 0.4) is 0 Å². The minimum absolute atomic E-state index is 0. The van der Waals surface area contributed by atoms with Gasteiger partial charge >= 0.3 is 0 Å². The lowest BCUT2D eigenvalue weighted by Gasteiger charge is -2.26. The van der Waals surface area contributed by atoms with Gasteiger partial charge in [-0.15, -0.1) is 12.4 Å². The average Bonchev–Trinajstić information content (AvgIpc) is 3.12. The highest BCUT2D eigenvalue weighted by Crippen LogP contribution is 2.16. The van der Waals surface area contributed by atoms with E-state index in [1.807, 2.05) is 18.2 Å². The van der Waals surface area contributed by atoms with Crippen molar-refractivity contribution in [1.29, 1.82) is 0 Å². The fourth-order valence-electron chi connectivity index (χ4n) is 3.19. The molecule has 1 unspecified atom stereocenters. The number of halogens is 1. The zero-order valence-electron chi connectivity index (χ0n) is 14.4. The summed E-state index contributed by atoms with van der Waals surface area (Å²) in [6, 6.07) is 7.25. The van der Waals surface area contributed by atoms with Crippen molar-refractivity contribution >= 4 is 24.2 Å². The maximum Gasteiger partial charge on any atom is 0.242 e. The second-order valence-corrected chi connectivity index (χ2v) is 6.52. The summed E-state index contributed by atoms with van der Waals surface area (Å²) in [5.74, 6) is -0.306. The highest BCUT2D eigenvalue weighted by molar-refractivity contribution is 5.89. The third kappa shape index (κ3) is 5.17. The average molecular weight is 368 g/mol. The second kappa shape index (κ2) is 9.17. The predicted octanol–water partition coefficient (Wildman–Crippen LogP) is 0.923. The van der Waals surface area contributed by atoms with Gasteiger partial charge in [0.05, 0.1) is 12.1 Å². The number of carbonyl (C=O) groups excluding carboxylic acids is 2. The van der Waals surface area contributed by atoms with Crippen LogP contribution < -0.4 is 16.0 Å². The lowest BCUT2D eigenvalue weighted by atomic mass is 9.95. The van der Waals surface area contributed by atoms with E-state index in [-0.39, 0.29) is 36.4 Å². The van der Waals surface area contributed by atoms with Gasteiger partial charge in [0, 0.05) is 19.7 Å². The van der Waals surface area contributed by atoms with Gasteiger partial charge in [-0.2, -0.15) is 0 Å². The third-order valence-electron chi connectivity index (χ3n) is 4.68. The third-order valence-corrected chi connectivity index (χ3v) is 4.68. The molecule has 0 radical (unpaired) electrons. The van der Waals surface area contributed by atoms with Crippen molar-refractivity contribution in [3.63, 3.8) is 0 Å². The van der Waals surface area contributed by atoms with Crippen LogP contribution in [0.4, 0.5) is 0 Å². The number of hydrogen-bond donors (Lipinski definition) is 3. The molecule has 0 saturated carbocycles. The van der Waals surface area contributed by atoms with E-state index in [9.17, 15) is 9.59 Å². The fraction of sp³-hybridized carbons (Fsp3) is 0.556. The van der Waals surface area contributed by atoms with Crippen molar-refractivity contribution in [3.05, 3.63) is 35.4 Å². The van der Waals surface area contributed by atoms with Gasteiger partial charge in [-0.1, -0.05) is 24.3 Å². The number of fused-ring (bicyclic) bond motifs is 1. The Morgan fingerprint density at radius 2 is 2.08 bits per heavy atom. The molecule has 2 aliphatic heterocycles. The van der Waals surface area contributed by atoms with Gasteiger partial charge in [0.25, 0.3) is 0 Å². The quantitative estimate of drug-likeness (QED) is 0.723. The van der Waals surface area contributed by atoms with E-state index in [1.54, 1.807) is 6.92 Å². The second-order valence-electron chi connectivity index (χ2n) is 6.52. The van der Waals surface area contributed by atoms with Gasteiger partial charge in [-0.05, 0) is 37.3 Å². The summed E-state index contributed by atoms with van der Waals surface area (Å²) >= 11 is 0. The number of benzene rings is 1. The van der Waals surface area contributed by atoms with Crippen LogP contribution in [-0.2, 0) is 27.3 Å². The van der Waals surface area contributed by atoms with Gasteiger partial charge in [0.1, 0.15) is 6.04 Å². The topological polar surface area (TPSA) is 79.5 Å². The first-order chi connectivity index (χ1) is 11.6. The molecule has 0 bridgehead atoms. The summed E-state index contributed by atoms with van der Waals surface area (Å²) in [6.45, 7) is 3.66. The van der Waals surface area contributed by atoms with Crippen LogP contribution in [0.1, 0.15) is 30.9 Å². The maximum atomic E-state index is 12.4. The summed E-state index contributed by atoms with van der Waals surface area (Å²) in [5.41, 5.74) is 2.41. The van der Waals surface area contributed by atoms with E-state index in [1.165, 1.54) is 11.1 Å². The van der Waals surface area contributed by atoms with Crippen molar-refractivity contribution < 1.29 is 14.3 Å². The molecule has 1 saturated heterocycles. The Morgan fingerprint density at radius 3 is 2.80 bits per heavy atom. The van der Waals surface area contributed by atoms with Gasteiger partial charge in [-0.25, -0.2) is 0 Å². The van der Waals surface area contributed by atoms with Gasteiger partial charge in [0.15, 0.2) is 0 Å². The minimum Gasteiger partial charge on any atom is -0.376 e. The molecule has 1 aromatic rings. The van der Waals surface area contributed by atoms with Crippen molar-refractivity contribution in [2.75, 3.05) is 13.2 Å². The summed E-state index contributed by atoms with van der Waals surface area (Å²) in [5, 5.41) is 8.88. The van der Waals surface area contributed by atoms with Crippen LogP contribution in [0, 0.1) is 0 Å². The van der Waals surface area contributed by atoms with Crippen LogP contribution in [0.5, 0.6) is 0 Å². The number of ether oxygens (including phenoxy) is 1. The molecule has 2 amide bonds. The van der Waals surface area contributed by atoms with Crippen LogP contribution in [-0.4, -0.2) is 43.2 Å².